The predicted molar refractivity (Wildman–Crippen MR) is 82.2 cm³/mol. The first-order chi connectivity index (χ1) is 10.2. The van der Waals surface area contributed by atoms with E-state index in [1.54, 1.807) is 0 Å². The van der Waals surface area contributed by atoms with E-state index in [4.69, 9.17) is 4.74 Å². The zero-order chi connectivity index (χ0) is 14.7. The molecule has 0 bridgehead atoms. The third kappa shape index (κ3) is 3.44. The molecule has 2 fully saturated rings. The Morgan fingerprint density at radius 3 is 2.29 bits per heavy atom. The molecule has 0 saturated carbocycles. The molecule has 2 aliphatic rings. The van der Waals surface area contributed by atoms with Gasteiger partial charge >= 0.3 is 0 Å². The first-order valence-electron chi connectivity index (χ1n) is 7.77. The van der Waals surface area contributed by atoms with Crippen LogP contribution in [-0.4, -0.2) is 61.1 Å². The summed E-state index contributed by atoms with van der Waals surface area (Å²) in [6.07, 6.45) is 2.14. The quantitative estimate of drug-likeness (QED) is 0.831. The number of benzene rings is 1. The Kier molecular flexibility index (Phi) is 4.56. The van der Waals surface area contributed by atoms with Gasteiger partial charge in [0.05, 0.1) is 13.2 Å². The smallest absolute Gasteiger partial charge is 0.253 e. The van der Waals surface area contributed by atoms with Crippen LogP contribution in [0, 0.1) is 6.92 Å². The second-order valence-corrected chi connectivity index (χ2v) is 5.87. The molecular formula is C17H23N2O2. The van der Waals surface area contributed by atoms with Crippen LogP contribution in [0.1, 0.15) is 28.8 Å². The number of ether oxygens (including phenoxy) is 1. The van der Waals surface area contributed by atoms with Crippen molar-refractivity contribution in [3.05, 3.63) is 42.3 Å². The molecule has 4 nitrogen and oxygen atoms in total. The highest BCUT2D eigenvalue weighted by molar-refractivity contribution is 5.94. The van der Waals surface area contributed by atoms with E-state index in [2.05, 4.69) is 11.8 Å². The number of morpholine rings is 1. The minimum atomic E-state index is 0.149. The number of nitrogens with zero attached hydrogens (tertiary/aromatic N) is 2. The number of hydrogen-bond acceptors (Lipinski definition) is 3. The van der Waals surface area contributed by atoms with Crippen LogP contribution < -0.4 is 0 Å². The van der Waals surface area contributed by atoms with E-state index in [1.165, 1.54) is 0 Å². The molecule has 21 heavy (non-hydrogen) atoms. The highest BCUT2D eigenvalue weighted by Gasteiger charge is 2.28. The largest absolute Gasteiger partial charge is 0.379 e. The van der Waals surface area contributed by atoms with E-state index in [9.17, 15) is 4.79 Å². The van der Waals surface area contributed by atoms with Crippen molar-refractivity contribution < 1.29 is 9.53 Å². The lowest BCUT2D eigenvalue weighted by atomic mass is 10.0. The molecule has 2 saturated heterocycles. The number of rotatable bonds is 2. The van der Waals surface area contributed by atoms with Gasteiger partial charge in [-0.25, -0.2) is 0 Å². The molecular weight excluding hydrogens is 264 g/mol. The Hall–Kier alpha value is -1.39. The first-order valence-corrected chi connectivity index (χ1v) is 7.77. The minimum Gasteiger partial charge on any atom is -0.379 e. The van der Waals surface area contributed by atoms with Crippen molar-refractivity contribution in [3.63, 3.8) is 0 Å². The molecule has 1 amide bonds. The van der Waals surface area contributed by atoms with Gasteiger partial charge in [-0.15, -0.1) is 0 Å². The summed E-state index contributed by atoms with van der Waals surface area (Å²) in [5.41, 5.74) is 1.71. The van der Waals surface area contributed by atoms with Crippen molar-refractivity contribution in [2.24, 2.45) is 0 Å². The average Bonchev–Trinajstić information content (AvgIpc) is 2.56. The van der Waals surface area contributed by atoms with Gasteiger partial charge in [-0.05, 0) is 37.5 Å². The van der Waals surface area contributed by atoms with Gasteiger partial charge in [0.15, 0.2) is 0 Å². The van der Waals surface area contributed by atoms with Gasteiger partial charge in [0, 0.05) is 37.8 Å². The Balaban J connectivity index is 1.55. The van der Waals surface area contributed by atoms with E-state index in [1.807, 2.05) is 29.2 Å². The summed E-state index contributed by atoms with van der Waals surface area (Å²) >= 11 is 0. The van der Waals surface area contributed by atoms with Crippen LogP contribution in [0.5, 0.6) is 0 Å². The van der Waals surface area contributed by atoms with Gasteiger partial charge in [0.1, 0.15) is 0 Å². The molecule has 0 atom stereocenters. The van der Waals surface area contributed by atoms with E-state index in [0.717, 1.165) is 63.4 Å². The van der Waals surface area contributed by atoms with Gasteiger partial charge in [0.25, 0.3) is 5.91 Å². The van der Waals surface area contributed by atoms with E-state index in [0.29, 0.717) is 6.04 Å². The SMILES string of the molecule is [CH2]c1ccc(C(=O)N2CCC(N3CCOCC3)CC2)cc1. The second-order valence-electron chi connectivity index (χ2n) is 5.87. The van der Waals surface area contributed by atoms with Gasteiger partial charge in [-0.1, -0.05) is 12.1 Å². The molecule has 0 spiro atoms. The fourth-order valence-electron chi connectivity index (χ4n) is 3.21. The molecule has 3 rings (SSSR count). The van der Waals surface area contributed by atoms with Crippen LogP contribution in [-0.2, 0) is 4.74 Å². The van der Waals surface area contributed by atoms with Gasteiger partial charge in [-0.2, -0.15) is 0 Å². The summed E-state index contributed by atoms with van der Waals surface area (Å²) in [4.78, 5) is 17.0. The topological polar surface area (TPSA) is 32.8 Å². The standard InChI is InChI=1S/C17H23N2O2/c1-14-2-4-15(5-3-14)17(20)19-8-6-16(7-9-19)18-10-12-21-13-11-18/h2-5,16H,1,6-13H2. The monoisotopic (exact) mass is 287 g/mol. The molecule has 1 radical (unpaired) electrons. The zero-order valence-corrected chi connectivity index (χ0v) is 12.5. The maximum atomic E-state index is 12.5. The lowest BCUT2D eigenvalue weighted by molar-refractivity contribution is 0.00159. The molecule has 0 aliphatic carbocycles. The number of amides is 1. The summed E-state index contributed by atoms with van der Waals surface area (Å²) in [6, 6.07) is 8.15. The summed E-state index contributed by atoms with van der Waals surface area (Å²) in [5, 5.41) is 0. The van der Waals surface area contributed by atoms with E-state index < -0.39 is 0 Å². The molecule has 4 heteroatoms. The Morgan fingerprint density at radius 1 is 1.05 bits per heavy atom. The van der Waals surface area contributed by atoms with Crippen LogP contribution in [0.25, 0.3) is 0 Å². The minimum absolute atomic E-state index is 0.149. The van der Waals surface area contributed by atoms with Gasteiger partial charge in [0.2, 0.25) is 0 Å². The van der Waals surface area contributed by atoms with Crippen molar-refractivity contribution in [3.8, 4) is 0 Å². The number of likely N-dealkylation sites (tertiary alicyclic amines) is 1. The van der Waals surface area contributed by atoms with E-state index in [-0.39, 0.29) is 5.91 Å². The fourth-order valence-corrected chi connectivity index (χ4v) is 3.21. The van der Waals surface area contributed by atoms with Gasteiger partial charge in [-0.3, -0.25) is 9.69 Å². The van der Waals surface area contributed by atoms with Crippen molar-refractivity contribution in [1.82, 2.24) is 9.80 Å². The molecule has 0 unspecified atom stereocenters. The van der Waals surface area contributed by atoms with Crippen molar-refractivity contribution in [2.75, 3.05) is 39.4 Å². The molecule has 0 N–H and O–H groups in total. The summed E-state index contributed by atoms with van der Waals surface area (Å²) in [6.45, 7) is 9.31. The highest BCUT2D eigenvalue weighted by Crippen LogP contribution is 2.19. The fraction of sp³-hybridized carbons (Fsp3) is 0.529. The average molecular weight is 287 g/mol. The molecule has 2 heterocycles. The van der Waals surface area contributed by atoms with Crippen LogP contribution in [0.3, 0.4) is 0 Å². The zero-order valence-electron chi connectivity index (χ0n) is 12.5. The Morgan fingerprint density at radius 2 is 1.67 bits per heavy atom. The Bertz CT molecular complexity index is 472. The van der Waals surface area contributed by atoms with Crippen LogP contribution in [0.4, 0.5) is 0 Å². The van der Waals surface area contributed by atoms with Crippen molar-refractivity contribution in [2.45, 2.75) is 18.9 Å². The molecule has 1 aromatic rings. The predicted octanol–water partition coefficient (Wildman–Crippen LogP) is 1.81. The maximum absolute atomic E-state index is 12.5. The summed E-state index contributed by atoms with van der Waals surface area (Å²) < 4.78 is 5.41. The van der Waals surface area contributed by atoms with E-state index >= 15 is 0 Å². The van der Waals surface area contributed by atoms with Crippen LogP contribution in [0.2, 0.25) is 0 Å². The summed E-state index contributed by atoms with van der Waals surface area (Å²) in [7, 11) is 0. The maximum Gasteiger partial charge on any atom is 0.253 e. The molecule has 113 valence electrons. The molecule has 1 aromatic carbocycles. The van der Waals surface area contributed by atoms with Gasteiger partial charge < -0.3 is 9.64 Å². The van der Waals surface area contributed by atoms with Crippen LogP contribution >= 0.6 is 0 Å². The molecule has 0 aromatic heterocycles. The van der Waals surface area contributed by atoms with Crippen molar-refractivity contribution >= 4 is 5.91 Å². The molecule has 2 aliphatic heterocycles. The lowest BCUT2D eigenvalue weighted by Gasteiger charge is -2.40. The first kappa shape index (κ1) is 14.5. The lowest BCUT2D eigenvalue weighted by Crippen LogP contribution is -2.50. The highest BCUT2D eigenvalue weighted by atomic mass is 16.5. The third-order valence-electron chi connectivity index (χ3n) is 4.51. The summed E-state index contributed by atoms with van der Waals surface area (Å²) in [5.74, 6) is 0.149. The Labute approximate surface area is 126 Å². The number of piperidine rings is 1. The van der Waals surface area contributed by atoms with Crippen molar-refractivity contribution in [1.29, 1.82) is 0 Å². The number of carbonyl (C=O) groups is 1. The normalized spacial score (nSPS) is 21.5. The third-order valence-corrected chi connectivity index (χ3v) is 4.51. The number of hydrogen-bond donors (Lipinski definition) is 0. The number of carbonyl (C=O) groups excluding carboxylic acids is 1. The second kappa shape index (κ2) is 6.58. The van der Waals surface area contributed by atoms with Crippen LogP contribution in [0.15, 0.2) is 24.3 Å².